The standard InChI is InChI=1S/C36H51N13O24P4/c1-14(7-19(51)39-2)20-15(69-32(24(20)53)49-13-46(3)22-30(49)44-35(38)45-31(22)55)8-67-75(59,60)72-77(63,64)73-76(61,62)68-10-17-27(26(65-4)34(71-17)48-12-42-21-28(37)40-11-41-29(21)48)74(57,58)66-9-16-23(52)25(54)33(70-16)47-6-5-18(50)43-36(47)56/h5-6,11-17,20,23-27,32-34,52-54H,7-10H2,1-4H3,(H10-,37,38,39,40,41,43,44,45,50,51,55,56,57,58,59,60,61,62,63,64)/p+1/t14-,15+,16+,17+,20+,23+,24+,25+,26+,27+,32?,33+,34+/m0/s1. The van der Waals surface area contributed by atoms with Crippen molar-refractivity contribution < 1.29 is 104 Å². The van der Waals surface area contributed by atoms with E-state index in [0.29, 0.717) is 0 Å². The Morgan fingerprint density at radius 2 is 1.51 bits per heavy atom. The van der Waals surface area contributed by atoms with Gasteiger partial charge in [0.2, 0.25) is 17.7 Å². The van der Waals surface area contributed by atoms with Gasteiger partial charge in [-0.05, 0) is 5.92 Å². The molecule has 14 N–H and O–H groups in total. The van der Waals surface area contributed by atoms with Crippen LogP contribution in [-0.2, 0) is 71.2 Å². The van der Waals surface area contributed by atoms with Gasteiger partial charge in [0.15, 0.2) is 30.2 Å². The highest BCUT2D eigenvalue weighted by molar-refractivity contribution is 7.66. The number of anilines is 2. The molecular weight excluding hydrogens is 1120 g/mol. The number of carbonyl (C=O) groups is 1. The summed E-state index contributed by atoms with van der Waals surface area (Å²) in [4.78, 5) is 113. The molecule has 17 atom stereocenters. The molecule has 8 rings (SSSR count). The summed E-state index contributed by atoms with van der Waals surface area (Å²) >= 11 is 0. The number of phosphoric acid groups is 3. The number of aromatic nitrogens is 10. The van der Waals surface area contributed by atoms with Crippen molar-refractivity contribution in [3.8, 4) is 0 Å². The van der Waals surface area contributed by atoms with Crippen molar-refractivity contribution in [1.82, 2.24) is 48.9 Å². The summed E-state index contributed by atoms with van der Waals surface area (Å²) in [5.74, 6) is -2.77. The number of fused-ring (bicyclic) bond motifs is 2. The predicted molar refractivity (Wildman–Crippen MR) is 252 cm³/mol. The van der Waals surface area contributed by atoms with Crippen LogP contribution in [0.3, 0.4) is 0 Å². The van der Waals surface area contributed by atoms with Gasteiger partial charge in [0, 0.05) is 38.8 Å². The molecule has 5 aromatic heterocycles. The number of nitrogen functional groups attached to an aromatic ring is 2. The number of methoxy groups -OCH3 is 1. The topological polar surface area (TPSA) is 527 Å². The monoisotopic (exact) mass is 1170 g/mol. The lowest BCUT2D eigenvalue weighted by Crippen LogP contribution is -2.46. The zero-order valence-electron chi connectivity index (χ0n) is 40.3. The van der Waals surface area contributed by atoms with Gasteiger partial charge in [-0.15, -0.1) is 0 Å². The van der Waals surface area contributed by atoms with Crippen LogP contribution < -0.4 is 38.2 Å². The van der Waals surface area contributed by atoms with Gasteiger partial charge in [-0.25, -0.2) is 38.0 Å². The molecule has 0 aliphatic carbocycles. The molecule has 3 aliphatic heterocycles. The number of amides is 1. The van der Waals surface area contributed by atoms with Crippen molar-refractivity contribution in [2.24, 2.45) is 18.9 Å². The largest absolute Gasteiger partial charge is 0.490 e. The van der Waals surface area contributed by atoms with E-state index in [9.17, 15) is 72.3 Å². The van der Waals surface area contributed by atoms with Crippen molar-refractivity contribution in [2.75, 3.05) is 45.4 Å². The van der Waals surface area contributed by atoms with Crippen LogP contribution in [-0.4, -0.2) is 167 Å². The Morgan fingerprint density at radius 3 is 2.16 bits per heavy atom. The SMILES string of the molecule is CNC(=O)C[C@H](C)[C@@H]1[C@@H](COP(=O)(O)OP(=O)(O)OP(=O)(O)OC[C@H]2O[C@@H](n3cnc4c(N)ncnc43)[C@H](OC)[C@@H]2P(=O)(O)OC[C@H]2O[C@@H](n3ccc(=O)[nH]c3=O)[C@H](O)[C@@H]2O)OC([n+]2cn(C)c3c(=O)[nH]c(N)nc32)[C@@H]1O. The Morgan fingerprint density at radius 1 is 0.857 bits per heavy atom. The fourth-order valence-electron chi connectivity index (χ4n) is 9.27. The third kappa shape index (κ3) is 12.1. The summed E-state index contributed by atoms with van der Waals surface area (Å²) in [5, 5.41) is 35.6. The molecule has 37 nitrogen and oxygen atoms in total. The first kappa shape index (κ1) is 58.1. The summed E-state index contributed by atoms with van der Waals surface area (Å²) in [5.41, 5.74) is 7.20. The van der Waals surface area contributed by atoms with Gasteiger partial charge in [0.05, 0.1) is 39.3 Å². The number of aliphatic hydroxyl groups is 3. The lowest BCUT2D eigenvalue weighted by Gasteiger charge is -2.28. The molecule has 0 bridgehead atoms. The van der Waals surface area contributed by atoms with E-state index in [4.69, 9.17) is 44.0 Å². The minimum atomic E-state index is -6.25. The van der Waals surface area contributed by atoms with Gasteiger partial charge in [0.1, 0.15) is 54.1 Å². The normalized spacial score (nSPS) is 30.2. The third-order valence-corrected chi connectivity index (χ3v) is 18.8. The van der Waals surface area contributed by atoms with Crippen LogP contribution >= 0.6 is 31.1 Å². The number of H-pyrrole nitrogens is 2. The van der Waals surface area contributed by atoms with Gasteiger partial charge in [-0.2, -0.15) is 8.62 Å². The molecule has 77 heavy (non-hydrogen) atoms. The smallest absolute Gasteiger partial charge is 0.387 e. The number of nitrogens with zero attached hydrogens (tertiary/aromatic N) is 8. The van der Waals surface area contributed by atoms with Gasteiger partial charge >= 0.3 is 42.4 Å². The molecular formula is C36H52N13O24P4+. The van der Waals surface area contributed by atoms with Crippen LogP contribution in [0.15, 0.2) is 45.6 Å². The molecule has 0 aromatic carbocycles. The molecule has 8 heterocycles. The summed E-state index contributed by atoms with van der Waals surface area (Å²) in [6.45, 7) is -1.81. The molecule has 424 valence electrons. The zero-order chi connectivity index (χ0) is 56.3. The maximum Gasteiger partial charge on any atom is 0.490 e. The number of nitrogens with one attached hydrogen (secondary N) is 3. The minimum Gasteiger partial charge on any atom is -0.387 e. The molecule has 1 amide bonds. The van der Waals surface area contributed by atoms with Crippen molar-refractivity contribution >= 4 is 71.1 Å². The number of nitrogens with two attached hydrogens (primary N) is 2. The Labute approximate surface area is 430 Å². The molecule has 41 heteroatoms. The van der Waals surface area contributed by atoms with Crippen LogP contribution in [0.5, 0.6) is 0 Å². The molecule has 5 unspecified atom stereocenters. The van der Waals surface area contributed by atoms with E-state index in [-0.39, 0.29) is 40.5 Å². The second kappa shape index (κ2) is 22.2. The van der Waals surface area contributed by atoms with E-state index in [1.165, 1.54) is 41.0 Å². The Hall–Kier alpha value is -5.07. The number of phosphoric ester groups is 2. The summed E-state index contributed by atoms with van der Waals surface area (Å²) in [6, 6.07) is 0.923. The number of aliphatic hydroxyl groups excluding tert-OH is 3. The fraction of sp³-hybridized carbons (Fsp3) is 0.583. The van der Waals surface area contributed by atoms with Crippen LogP contribution in [0.2, 0.25) is 0 Å². The van der Waals surface area contributed by atoms with Gasteiger partial charge in [-0.1, -0.05) is 11.9 Å². The first-order valence-electron chi connectivity index (χ1n) is 22.5. The number of hydrogen-bond acceptors (Lipinski definition) is 26. The fourth-order valence-corrected chi connectivity index (χ4v) is 14.5. The number of rotatable bonds is 21. The van der Waals surface area contributed by atoms with E-state index >= 15 is 0 Å². The molecule has 5 aromatic rings. The van der Waals surface area contributed by atoms with Crippen molar-refractivity contribution in [2.45, 2.75) is 80.4 Å². The second-order valence-corrected chi connectivity index (χ2v) is 24.3. The quantitative estimate of drug-likeness (QED) is 0.0248. The molecule has 3 saturated heterocycles. The summed E-state index contributed by atoms with van der Waals surface area (Å²) in [7, 11) is -19.6. The number of aromatic amines is 2. The zero-order valence-corrected chi connectivity index (χ0v) is 43.9. The Kier molecular flexibility index (Phi) is 16.8. The molecule has 0 radical (unpaired) electrons. The lowest BCUT2D eigenvalue weighted by atomic mass is 9.83. The lowest BCUT2D eigenvalue weighted by molar-refractivity contribution is -0.745. The highest BCUT2D eigenvalue weighted by Gasteiger charge is 2.58. The van der Waals surface area contributed by atoms with Crippen molar-refractivity contribution in [1.29, 1.82) is 0 Å². The Bertz CT molecular complexity index is 3410. The maximum absolute atomic E-state index is 14.3. The van der Waals surface area contributed by atoms with Crippen molar-refractivity contribution in [3.63, 3.8) is 0 Å². The van der Waals surface area contributed by atoms with Crippen LogP contribution in [0.4, 0.5) is 11.8 Å². The van der Waals surface area contributed by atoms with E-state index in [2.05, 4.69) is 38.9 Å². The van der Waals surface area contributed by atoms with E-state index in [1.54, 1.807) is 0 Å². The first-order valence-corrected chi connectivity index (χ1v) is 28.6. The van der Waals surface area contributed by atoms with Crippen LogP contribution in [0, 0.1) is 11.8 Å². The van der Waals surface area contributed by atoms with Gasteiger partial charge in [-0.3, -0.25) is 51.7 Å². The van der Waals surface area contributed by atoms with Gasteiger partial charge in [0.25, 0.3) is 17.1 Å². The highest BCUT2D eigenvalue weighted by atomic mass is 31.3. The first-order chi connectivity index (χ1) is 36.1. The summed E-state index contributed by atoms with van der Waals surface area (Å²) < 4.78 is 106. The van der Waals surface area contributed by atoms with E-state index in [1.807, 2.05) is 4.98 Å². The van der Waals surface area contributed by atoms with Crippen LogP contribution in [0.25, 0.3) is 22.3 Å². The third-order valence-electron chi connectivity index (χ3n) is 12.7. The molecule has 3 aliphatic rings. The predicted octanol–water partition coefficient (Wildman–Crippen LogP) is -3.78. The average molecular weight is 1170 g/mol. The van der Waals surface area contributed by atoms with E-state index < -0.39 is 153 Å². The molecule has 0 saturated carbocycles. The number of imidazole rings is 2. The Balaban J connectivity index is 0.973. The van der Waals surface area contributed by atoms with E-state index in [0.717, 1.165) is 36.6 Å². The molecule has 0 spiro atoms. The minimum absolute atomic E-state index is 0.00284. The average Bonchev–Trinajstić information content (AvgIpc) is 4.15. The number of hydrogen-bond donors (Lipinski definition) is 12. The highest BCUT2D eigenvalue weighted by Crippen LogP contribution is 2.68. The number of aryl methyl sites for hydroxylation is 1. The molecule has 3 fully saturated rings. The second-order valence-electron chi connectivity index (χ2n) is 17.7. The van der Waals surface area contributed by atoms with Gasteiger partial charge < -0.3 is 75.1 Å². The van der Waals surface area contributed by atoms with Crippen molar-refractivity contribution in [3.05, 3.63) is 62.4 Å². The van der Waals surface area contributed by atoms with Crippen LogP contribution in [0.1, 0.15) is 32.0 Å². The maximum atomic E-state index is 14.3. The number of carbonyl (C=O) groups excluding carboxylic acids is 1. The summed E-state index contributed by atoms with van der Waals surface area (Å²) in [6.07, 6.45) is -12.2. The number of ether oxygens (including phenoxy) is 4.